The van der Waals surface area contributed by atoms with Gasteiger partial charge in [-0.05, 0) is 34.5 Å². The molecule has 112 valence electrons. The van der Waals surface area contributed by atoms with E-state index in [0.717, 1.165) is 27.2 Å². The lowest BCUT2D eigenvalue weighted by molar-refractivity contribution is -0.146. The monoisotopic (exact) mass is 415 g/mol. The lowest BCUT2D eigenvalue weighted by Crippen LogP contribution is -2.15. The summed E-state index contributed by atoms with van der Waals surface area (Å²) in [4.78, 5) is 15.9. The number of hydrogen-bond donors (Lipinski definition) is 0. The van der Waals surface area contributed by atoms with Gasteiger partial charge in [-0.25, -0.2) is 4.79 Å². The molecule has 0 saturated heterocycles. The molecule has 1 heterocycles. The van der Waals surface area contributed by atoms with Crippen LogP contribution in [0.2, 0.25) is 0 Å². The van der Waals surface area contributed by atoms with Crippen LogP contribution in [0.1, 0.15) is 19.8 Å². The molecule has 21 heavy (non-hydrogen) atoms. The first kappa shape index (κ1) is 16.2. The molecule has 2 rings (SSSR count). The van der Waals surface area contributed by atoms with Gasteiger partial charge < -0.3 is 9.47 Å². The summed E-state index contributed by atoms with van der Waals surface area (Å²) in [6, 6.07) is 5.66. The Balaban J connectivity index is 2.13. The first-order chi connectivity index (χ1) is 10.1. The second kappa shape index (κ2) is 7.75. The molecule has 2 aromatic rings. The van der Waals surface area contributed by atoms with Gasteiger partial charge in [0.1, 0.15) is 5.52 Å². The first-order valence-corrected chi connectivity index (χ1v) is 8.23. The SMILES string of the molecule is CCCCOC(=O)COc1c(Br)cc(Br)c2cccnc12. The Morgan fingerprint density at radius 3 is 2.90 bits per heavy atom. The second-order valence-corrected chi connectivity index (χ2v) is 6.14. The normalized spacial score (nSPS) is 10.6. The third-order valence-electron chi connectivity index (χ3n) is 2.85. The van der Waals surface area contributed by atoms with Gasteiger partial charge >= 0.3 is 5.97 Å². The fourth-order valence-corrected chi connectivity index (χ4v) is 3.17. The van der Waals surface area contributed by atoms with Gasteiger partial charge in [0.2, 0.25) is 0 Å². The van der Waals surface area contributed by atoms with Crippen molar-refractivity contribution in [1.29, 1.82) is 0 Å². The predicted molar refractivity (Wildman–Crippen MR) is 88.5 cm³/mol. The molecule has 0 aliphatic rings. The van der Waals surface area contributed by atoms with E-state index in [9.17, 15) is 4.79 Å². The van der Waals surface area contributed by atoms with Crippen LogP contribution in [0.25, 0.3) is 10.9 Å². The minimum atomic E-state index is -0.373. The molecule has 1 aromatic heterocycles. The molecule has 0 saturated carbocycles. The molecule has 4 nitrogen and oxygen atoms in total. The Bertz CT molecular complexity index is 646. The highest BCUT2D eigenvalue weighted by atomic mass is 79.9. The Kier molecular flexibility index (Phi) is 5.99. The average molecular weight is 417 g/mol. The van der Waals surface area contributed by atoms with Crippen molar-refractivity contribution in [2.24, 2.45) is 0 Å². The fourth-order valence-electron chi connectivity index (χ4n) is 1.79. The highest BCUT2D eigenvalue weighted by molar-refractivity contribution is 9.11. The third-order valence-corrected chi connectivity index (χ3v) is 4.09. The maximum Gasteiger partial charge on any atom is 0.344 e. The second-order valence-electron chi connectivity index (χ2n) is 4.43. The number of halogens is 2. The summed E-state index contributed by atoms with van der Waals surface area (Å²) in [5.41, 5.74) is 0.695. The predicted octanol–water partition coefficient (Wildman–Crippen LogP) is 4.48. The number of nitrogens with zero attached hydrogens (tertiary/aromatic N) is 1. The van der Waals surface area contributed by atoms with E-state index < -0.39 is 0 Å². The number of rotatable bonds is 6. The van der Waals surface area contributed by atoms with Crippen LogP contribution < -0.4 is 4.74 Å². The molecule has 0 aliphatic carbocycles. The maximum absolute atomic E-state index is 11.6. The Hall–Kier alpha value is -1.14. The number of aromatic nitrogens is 1. The van der Waals surface area contributed by atoms with Crippen LogP contribution in [0, 0.1) is 0 Å². The molecule has 0 unspecified atom stereocenters. The van der Waals surface area contributed by atoms with Crippen molar-refractivity contribution >= 4 is 48.7 Å². The number of esters is 1. The summed E-state index contributed by atoms with van der Waals surface area (Å²) in [5.74, 6) is 0.170. The van der Waals surface area contributed by atoms with Gasteiger partial charge in [0, 0.05) is 16.1 Å². The standard InChI is InChI=1S/C15H15Br2NO3/c1-2-3-7-20-13(19)9-21-15-12(17)8-11(16)10-5-4-6-18-14(10)15/h4-6,8H,2-3,7,9H2,1H3. The molecule has 0 aliphatic heterocycles. The van der Waals surface area contributed by atoms with Crippen molar-refractivity contribution in [3.63, 3.8) is 0 Å². The summed E-state index contributed by atoms with van der Waals surface area (Å²) < 4.78 is 12.3. The quantitative estimate of drug-likeness (QED) is 0.514. The number of benzene rings is 1. The highest BCUT2D eigenvalue weighted by Crippen LogP contribution is 2.37. The minimum absolute atomic E-state index is 0.129. The van der Waals surface area contributed by atoms with Gasteiger partial charge in [-0.15, -0.1) is 0 Å². The van der Waals surface area contributed by atoms with E-state index >= 15 is 0 Å². The Labute approximate surface area is 140 Å². The van der Waals surface area contributed by atoms with E-state index in [2.05, 4.69) is 36.8 Å². The maximum atomic E-state index is 11.6. The molecule has 0 amide bonds. The number of carbonyl (C=O) groups excluding carboxylic acids is 1. The van der Waals surface area contributed by atoms with E-state index in [1.807, 2.05) is 25.1 Å². The summed E-state index contributed by atoms with van der Waals surface area (Å²) in [5, 5.41) is 0.926. The van der Waals surface area contributed by atoms with E-state index in [4.69, 9.17) is 9.47 Å². The molecule has 0 fully saturated rings. The summed E-state index contributed by atoms with van der Waals surface area (Å²) in [7, 11) is 0. The van der Waals surface area contributed by atoms with Gasteiger partial charge in [-0.2, -0.15) is 0 Å². The van der Waals surface area contributed by atoms with Crippen molar-refractivity contribution in [3.05, 3.63) is 33.3 Å². The zero-order valence-electron chi connectivity index (χ0n) is 11.6. The molecule has 1 aromatic carbocycles. The average Bonchev–Trinajstić information content (AvgIpc) is 2.47. The third kappa shape index (κ3) is 4.17. The highest BCUT2D eigenvalue weighted by Gasteiger charge is 2.13. The van der Waals surface area contributed by atoms with Gasteiger partial charge in [0.05, 0.1) is 11.1 Å². The molecular weight excluding hydrogens is 402 g/mol. The van der Waals surface area contributed by atoms with E-state index in [1.165, 1.54) is 0 Å². The number of ether oxygens (including phenoxy) is 2. The topological polar surface area (TPSA) is 48.4 Å². The molecular formula is C15H15Br2NO3. The number of hydrogen-bond acceptors (Lipinski definition) is 4. The van der Waals surface area contributed by atoms with Crippen molar-refractivity contribution in [2.45, 2.75) is 19.8 Å². The number of unbranched alkanes of at least 4 members (excludes halogenated alkanes) is 1. The smallest absolute Gasteiger partial charge is 0.344 e. The van der Waals surface area contributed by atoms with Gasteiger partial charge in [-0.1, -0.05) is 35.3 Å². The van der Waals surface area contributed by atoms with Crippen molar-refractivity contribution in [1.82, 2.24) is 4.98 Å². The van der Waals surface area contributed by atoms with Crippen molar-refractivity contribution < 1.29 is 14.3 Å². The zero-order chi connectivity index (χ0) is 15.2. The lowest BCUT2D eigenvalue weighted by atomic mass is 10.2. The van der Waals surface area contributed by atoms with Crippen LogP contribution in [-0.2, 0) is 9.53 Å². The first-order valence-electron chi connectivity index (χ1n) is 6.64. The fraction of sp³-hybridized carbons (Fsp3) is 0.333. The van der Waals surface area contributed by atoms with Crippen LogP contribution >= 0.6 is 31.9 Å². The molecule has 6 heteroatoms. The Morgan fingerprint density at radius 2 is 2.14 bits per heavy atom. The Morgan fingerprint density at radius 1 is 1.33 bits per heavy atom. The molecule has 0 atom stereocenters. The van der Waals surface area contributed by atoms with E-state index in [0.29, 0.717) is 17.9 Å². The summed E-state index contributed by atoms with van der Waals surface area (Å²) >= 11 is 6.92. The number of pyridine rings is 1. The largest absolute Gasteiger partial charge is 0.478 e. The van der Waals surface area contributed by atoms with Crippen LogP contribution in [0.5, 0.6) is 5.75 Å². The molecule has 0 N–H and O–H groups in total. The minimum Gasteiger partial charge on any atom is -0.478 e. The van der Waals surface area contributed by atoms with Crippen LogP contribution in [0.3, 0.4) is 0 Å². The van der Waals surface area contributed by atoms with Crippen LogP contribution in [0.15, 0.2) is 33.3 Å². The summed E-state index contributed by atoms with van der Waals surface area (Å²) in [6.07, 6.45) is 3.53. The molecule has 0 radical (unpaired) electrons. The summed E-state index contributed by atoms with van der Waals surface area (Å²) in [6.45, 7) is 2.34. The zero-order valence-corrected chi connectivity index (χ0v) is 14.7. The number of fused-ring (bicyclic) bond motifs is 1. The van der Waals surface area contributed by atoms with Crippen molar-refractivity contribution in [2.75, 3.05) is 13.2 Å². The van der Waals surface area contributed by atoms with Gasteiger partial charge in [-0.3, -0.25) is 4.98 Å². The van der Waals surface area contributed by atoms with Gasteiger partial charge in [0.25, 0.3) is 0 Å². The van der Waals surface area contributed by atoms with E-state index in [1.54, 1.807) is 6.20 Å². The molecule has 0 bridgehead atoms. The van der Waals surface area contributed by atoms with Crippen LogP contribution in [0.4, 0.5) is 0 Å². The van der Waals surface area contributed by atoms with Crippen molar-refractivity contribution in [3.8, 4) is 5.75 Å². The van der Waals surface area contributed by atoms with Gasteiger partial charge in [0.15, 0.2) is 12.4 Å². The number of carbonyl (C=O) groups is 1. The van der Waals surface area contributed by atoms with Crippen LogP contribution in [-0.4, -0.2) is 24.2 Å². The lowest BCUT2D eigenvalue weighted by Gasteiger charge is -2.11. The van der Waals surface area contributed by atoms with E-state index in [-0.39, 0.29) is 12.6 Å². The molecule has 0 spiro atoms.